The molecule has 0 aliphatic carbocycles. The van der Waals surface area contributed by atoms with Crippen LogP contribution in [0.25, 0.3) is 0 Å². The molecule has 1 rings (SSSR count). The molecule has 1 N–H and O–H groups in total. The zero-order valence-electron chi connectivity index (χ0n) is 9.74. The fraction of sp³-hybridized carbons (Fsp3) is 0.583. The van der Waals surface area contributed by atoms with Gasteiger partial charge in [-0.15, -0.1) is 0 Å². The molecule has 1 aromatic heterocycles. The van der Waals surface area contributed by atoms with E-state index in [9.17, 15) is 0 Å². The molecule has 0 saturated carbocycles. The van der Waals surface area contributed by atoms with Crippen LogP contribution in [0.3, 0.4) is 0 Å². The van der Waals surface area contributed by atoms with Crippen molar-refractivity contribution in [2.75, 3.05) is 26.7 Å². The molecule has 0 bridgehead atoms. The van der Waals surface area contributed by atoms with Gasteiger partial charge in [0.15, 0.2) is 0 Å². The average Bonchev–Trinajstić information content (AvgIpc) is 2.26. The SMILES string of the molecule is CCCN(C)CCNCc1ccccn1. The molecule has 3 nitrogen and oxygen atoms in total. The highest BCUT2D eigenvalue weighted by Gasteiger charge is 1.96. The van der Waals surface area contributed by atoms with Crippen molar-refractivity contribution in [2.45, 2.75) is 19.9 Å². The minimum absolute atomic E-state index is 0.862. The lowest BCUT2D eigenvalue weighted by molar-refractivity contribution is 0.331. The third kappa shape index (κ3) is 5.50. The zero-order chi connectivity index (χ0) is 10.9. The van der Waals surface area contributed by atoms with Crippen LogP contribution in [-0.4, -0.2) is 36.6 Å². The topological polar surface area (TPSA) is 28.2 Å². The van der Waals surface area contributed by atoms with Gasteiger partial charge in [0, 0.05) is 25.8 Å². The molecular weight excluding hydrogens is 186 g/mol. The number of likely N-dealkylation sites (N-methyl/N-ethyl adjacent to an activating group) is 1. The maximum absolute atomic E-state index is 4.26. The number of hydrogen-bond acceptors (Lipinski definition) is 3. The number of nitrogens with zero attached hydrogens (tertiary/aromatic N) is 2. The van der Waals surface area contributed by atoms with Crippen LogP contribution < -0.4 is 5.32 Å². The van der Waals surface area contributed by atoms with Crippen LogP contribution in [0.1, 0.15) is 19.0 Å². The summed E-state index contributed by atoms with van der Waals surface area (Å²) in [4.78, 5) is 6.59. The highest BCUT2D eigenvalue weighted by atomic mass is 15.1. The van der Waals surface area contributed by atoms with E-state index >= 15 is 0 Å². The molecule has 0 aromatic carbocycles. The first-order chi connectivity index (χ1) is 7.33. The molecule has 0 aliphatic rings. The van der Waals surface area contributed by atoms with E-state index in [1.165, 1.54) is 13.0 Å². The van der Waals surface area contributed by atoms with Crippen LogP contribution in [0.4, 0.5) is 0 Å². The third-order valence-electron chi connectivity index (χ3n) is 2.31. The predicted molar refractivity (Wildman–Crippen MR) is 63.7 cm³/mol. The van der Waals surface area contributed by atoms with Crippen molar-refractivity contribution in [1.29, 1.82) is 0 Å². The van der Waals surface area contributed by atoms with Crippen LogP contribution >= 0.6 is 0 Å². The lowest BCUT2D eigenvalue weighted by Gasteiger charge is -2.15. The first kappa shape index (κ1) is 12.1. The Morgan fingerprint density at radius 3 is 2.87 bits per heavy atom. The lowest BCUT2D eigenvalue weighted by Crippen LogP contribution is -2.29. The third-order valence-corrected chi connectivity index (χ3v) is 2.31. The summed E-state index contributed by atoms with van der Waals surface area (Å²) >= 11 is 0. The molecule has 0 spiro atoms. The van der Waals surface area contributed by atoms with Crippen molar-refractivity contribution in [1.82, 2.24) is 15.2 Å². The van der Waals surface area contributed by atoms with Crippen LogP contribution in [-0.2, 0) is 6.54 Å². The molecule has 1 heterocycles. The molecule has 84 valence electrons. The normalized spacial score (nSPS) is 10.9. The molecule has 15 heavy (non-hydrogen) atoms. The highest BCUT2D eigenvalue weighted by molar-refractivity contribution is 5.02. The van der Waals surface area contributed by atoms with Crippen molar-refractivity contribution in [2.24, 2.45) is 0 Å². The van der Waals surface area contributed by atoms with E-state index in [1.54, 1.807) is 0 Å². The first-order valence-electron chi connectivity index (χ1n) is 5.62. The van der Waals surface area contributed by atoms with E-state index in [2.05, 4.69) is 29.2 Å². The molecule has 0 radical (unpaired) electrons. The molecule has 0 fully saturated rings. The van der Waals surface area contributed by atoms with Crippen molar-refractivity contribution in [3.63, 3.8) is 0 Å². The molecule has 0 amide bonds. The van der Waals surface area contributed by atoms with Gasteiger partial charge in [-0.05, 0) is 32.1 Å². The first-order valence-corrected chi connectivity index (χ1v) is 5.62. The highest BCUT2D eigenvalue weighted by Crippen LogP contribution is 1.91. The van der Waals surface area contributed by atoms with Crippen molar-refractivity contribution in [3.05, 3.63) is 30.1 Å². The van der Waals surface area contributed by atoms with Gasteiger partial charge in [-0.25, -0.2) is 0 Å². The Morgan fingerprint density at radius 1 is 1.33 bits per heavy atom. The lowest BCUT2D eigenvalue weighted by atomic mass is 10.3. The smallest absolute Gasteiger partial charge is 0.0541 e. The maximum atomic E-state index is 4.26. The maximum Gasteiger partial charge on any atom is 0.0541 e. The van der Waals surface area contributed by atoms with Gasteiger partial charge in [-0.2, -0.15) is 0 Å². The van der Waals surface area contributed by atoms with Crippen molar-refractivity contribution < 1.29 is 0 Å². The summed E-state index contributed by atoms with van der Waals surface area (Å²) in [6.45, 7) is 6.36. The molecular formula is C12H21N3. The summed E-state index contributed by atoms with van der Waals surface area (Å²) in [7, 11) is 2.16. The average molecular weight is 207 g/mol. The summed E-state index contributed by atoms with van der Waals surface area (Å²) in [5.74, 6) is 0. The minimum Gasteiger partial charge on any atom is -0.310 e. The number of rotatable bonds is 7. The summed E-state index contributed by atoms with van der Waals surface area (Å²) in [5, 5.41) is 3.39. The zero-order valence-corrected chi connectivity index (χ0v) is 9.74. The van der Waals surface area contributed by atoms with E-state index in [0.717, 1.165) is 25.3 Å². The standard InChI is InChI=1S/C12H21N3/c1-3-9-15(2)10-8-13-11-12-6-4-5-7-14-12/h4-7,13H,3,8-11H2,1-2H3. The van der Waals surface area contributed by atoms with Gasteiger partial charge in [0.05, 0.1) is 5.69 Å². The Bertz CT molecular complexity index is 248. The minimum atomic E-state index is 0.862. The quantitative estimate of drug-likeness (QED) is 0.687. The Hall–Kier alpha value is -0.930. The number of hydrogen-bond donors (Lipinski definition) is 1. The van der Waals surface area contributed by atoms with E-state index in [4.69, 9.17) is 0 Å². The van der Waals surface area contributed by atoms with Crippen molar-refractivity contribution in [3.8, 4) is 0 Å². The van der Waals surface area contributed by atoms with E-state index < -0.39 is 0 Å². The molecule has 1 aromatic rings. The Morgan fingerprint density at radius 2 is 2.20 bits per heavy atom. The van der Waals surface area contributed by atoms with Crippen LogP contribution in [0.5, 0.6) is 0 Å². The van der Waals surface area contributed by atoms with Crippen LogP contribution in [0, 0.1) is 0 Å². The van der Waals surface area contributed by atoms with Crippen LogP contribution in [0.15, 0.2) is 24.4 Å². The Kier molecular flexibility index (Phi) is 5.97. The van der Waals surface area contributed by atoms with Gasteiger partial charge in [0.25, 0.3) is 0 Å². The molecule has 3 heteroatoms. The number of pyridine rings is 1. The Balaban J connectivity index is 2.07. The van der Waals surface area contributed by atoms with Gasteiger partial charge < -0.3 is 10.2 Å². The largest absolute Gasteiger partial charge is 0.310 e. The molecule has 0 aliphatic heterocycles. The molecule has 0 saturated heterocycles. The van der Waals surface area contributed by atoms with Crippen molar-refractivity contribution >= 4 is 0 Å². The van der Waals surface area contributed by atoms with E-state index in [0.29, 0.717) is 0 Å². The summed E-state index contributed by atoms with van der Waals surface area (Å²) in [6, 6.07) is 6.01. The molecule has 0 atom stereocenters. The van der Waals surface area contributed by atoms with Gasteiger partial charge in [0.2, 0.25) is 0 Å². The Labute approximate surface area is 92.5 Å². The second-order valence-electron chi connectivity index (χ2n) is 3.80. The van der Waals surface area contributed by atoms with Gasteiger partial charge in [-0.1, -0.05) is 13.0 Å². The fourth-order valence-electron chi connectivity index (χ4n) is 1.48. The second kappa shape index (κ2) is 7.37. The molecule has 0 unspecified atom stereocenters. The second-order valence-corrected chi connectivity index (χ2v) is 3.80. The monoisotopic (exact) mass is 207 g/mol. The number of nitrogens with one attached hydrogen (secondary N) is 1. The van der Waals surface area contributed by atoms with Gasteiger partial charge in [0.1, 0.15) is 0 Å². The van der Waals surface area contributed by atoms with E-state index in [1.807, 2.05) is 24.4 Å². The fourth-order valence-corrected chi connectivity index (χ4v) is 1.48. The van der Waals surface area contributed by atoms with E-state index in [-0.39, 0.29) is 0 Å². The summed E-state index contributed by atoms with van der Waals surface area (Å²) in [5.41, 5.74) is 1.11. The van der Waals surface area contributed by atoms with Crippen LogP contribution in [0.2, 0.25) is 0 Å². The summed E-state index contributed by atoms with van der Waals surface area (Å²) < 4.78 is 0. The predicted octanol–water partition coefficient (Wildman–Crippen LogP) is 1.51. The number of aromatic nitrogens is 1. The van der Waals surface area contributed by atoms with Gasteiger partial charge >= 0.3 is 0 Å². The summed E-state index contributed by atoms with van der Waals surface area (Å²) in [6.07, 6.45) is 3.05. The van der Waals surface area contributed by atoms with Gasteiger partial charge in [-0.3, -0.25) is 4.98 Å².